The molecule has 1 atom stereocenters. The molecule has 3 amide bonds. The first-order chi connectivity index (χ1) is 17.4. The summed E-state index contributed by atoms with van der Waals surface area (Å²) in [5, 5.41) is 5.80. The average molecular weight is 490 g/mol. The lowest BCUT2D eigenvalue weighted by Gasteiger charge is -2.17. The van der Waals surface area contributed by atoms with Crippen LogP contribution in [-0.2, 0) is 20.9 Å². The number of benzene rings is 2. The molecule has 2 heterocycles. The van der Waals surface area contributed by atoms with Crippen LogP contribution in [0.25, 0.3) is 0 Å². The Morgan fingerprint density at radius 2 is 1.94 bits per heavy atom. The van der Waals surface area contributed by atoms with Crippen LogP contribution in [0.3, 0.4) is 0 Å². The normalized spacial score (nSPS) is 15.1. The van der Waals surface area contributed by atoms with Crippen molar-refractivity contribution in [1.29, 1.82) is 0 Å². The van der Waals surface area contributed by atoms with Crippen LogP contribution in [0.15, 0.2) is 61.2 Å². The van der Waals surface area contributed by atoms with Gasteiger partial charge in [-0.25, -0.2) is 4.98 Å². The predicted octanol–water partition coefficient (Wildman–Crippen LogP) is 3.08. The van der Waals surface area contributed by atoms with Gasteiger partial charge in [-0.1, -0.05) is 12.1 Å². The van der Waals surface area contributed by atoms with Crippen LogP contribution in [0.4, 0.5) is 11.4 Å². The number of carbonyl (C=O) groups is 3. The molecule has 2 aromatic carbocycles. The van der Waals surface area contributed by atoms with Gasteiger partial charge in [-0.05, 0) is 61.7 Å². The summed E-state index contributed by atoms with van der Waals surface area (Å²) in [7, 11) is 0. The van der Waals surface area contributed by atoms with E-state index in [0.717, 1.165) is 29.8 Å². The van der Waals surface area contributed by atoms with Crippen LogP contribution in [0.1, 0.15) is 24.0 Å². The number of hydrogen-bond donors (Lipinski definition) is 2. The number of hydrogen-bond acceptors (Lipinski definition) is 5. The summed E-state index contributed by atoms with van der Waals surface area (Å²) in [6.45, 7) is 5.44. The molecule has 0 aliphatic carbocycles. The van der Waals surface area contributed by atoms with Gasteiger partial charge in [0.25, 0.3) is 5.91 Å². The molecule has 188 valence electrons. The number of aryl methyl sites for hydroxylation is 3. The fourth-order valence-corrected chi connectivity index (χ4v) is 4.10. The molecular formula is C27H31N5O4. The second kappa shape index (κ2) is 11.5. The smallest absolute Gasteiger partial charge is 0.262 e. The van der Waals surface area contributed by atoms with E-state index in [2.05, 4.69) is 15.6 Å². The molecule has 0 bridgehead atoms. The topological polar surface area (TPSA) is 106 Å². The molecule has 9 heteroatoms. The van der Waals surface area contributed by atoms with Gasteiger partial charge in [0.1, 0.15) is 5.75 Å². The summed E-state index contributed by atoms with van der Waals surface area (Å²) >= 11 is 0. The van der Waals surface area contributed by atoms with Gasteiger partial charge >= 0.3 is 0 Å². The number of carbonyl (C=O) groups excluding carboxylic acids is 3. The van der Waals surface area contributed by atoms with Crippen LogP contribution < -0.4 is 20.3 Å². The Morgan fingerprint density at radius 3 is 2.69 bits per heavy atom. The van der Waals surface area contributed by atoms with Crippen molar-refractivity contribution in [3.63, 3.8) is 0 Å². The maximum Gasteiger partial charge on any atom is 0.262 e. The third kappa shape index (κ3) is 6.50. The van der Waals surface area contributed by atoms with Crippen molar-refractivity contribution in [2.45, 2.75) is 33.2 Å². The van der Waals surface area contributed by atoms with Crippen LogP contribution in [0, 0.1) is 19.8 Å². The first-order valence-electron chi connectivity index (χ1n) is 12.0. The lowest BCUT2D eigenvalue weighted by molar-refractivity contribution is -0.126. The molecule has 1 aliphatic rings. The summed E-state index contributed by atoms with van der Waals surface area (Å²) in [5.74, 6) is -0.299. The van der Waals surface area contributed by atoms with Crippen LogP contribution in [0.5, 0.6) is 5.75 Å². The van der Waals surface area contributed by atoms with Crippen molar-refractivity contribution < 1.29 is 19.1 Å². The van der Waals surface area contributed by atoms with Crippen LogP contribution in [0.2, 0.25) is 0 Å². The molecule has 4 rings (SSSR count). The predicted molar refractivity (Wildman–Crippen MR) is 137 cm³/mol. The molecule has 1 aliphatic heterocycles. The van der Waals surface area contributed by atoms with E-state index in [9.17, 15) is 14.4 Å². The second-order valence-corrected chi connectivity index (χ2v) is 9.00. The van der Waals surface area contributed by atoms with Gasteiger partial charge in [-0.3, -0.25) is 14.4 Å². The SMILES string of the molecule is Cc1ccc(C)c(NC(=O)COc2ccc(N3C[C@@H](C(=O)NCCCn4ccnc4)CC3=O)cc2)c1. The number of rotatable bonds is 10. The first-order valence-corrected chi connectivity index (χ1v) is 12.0. The molecule has 0 radical (unpaired) electrons. The number of imidazole rings is 1. The van der Waals surface area contributed by atoms with E-state index in [1.807, 2.05) is 42.8 Å². The van der Waals surface area contributed by atoms with E-state index in [-0.39, 0.29) is 36.7 Å². The highest BCUT2D eigenvalue weighted by Gasteiger charge is 2.34. The molecular weight excluding hydrogens is 458 g/mol. The number of nitrogens with zero attached hydrogens (tertiary/aromatic N) is 3. The number of nitrogens with one attached hydrogen (secondary N) is 2. The Kier molecular flexibility index (Phi) is 7.99. The third-order valence-electron chi connectivity index (χ3n) is 6.13. The Morgan fingerprint density at radius 1 is 1.14 bits per heavy atom. The van der Waals surface area contributed by atoms with Crippen molar-refractivity contribution in [2.24, 2.45) is 5.92 Å². The van der Waals surface area contributed by atoms with Crippen molar-refractivity contribution in [3.8, 4) is 5.75 Å². The van der Waals surface area contributed by atoms with Gasteiger partial charge in [-0.2, -0.15) is 0 Å². The lowest BCUT2D eigenvalue weighted by Crippen LogP contribution is -2.33. The zero-order valence-electron chi connectivity index (χ0n) is 20.6. The Balaban J connectivity index is 1.23. The Bertz CT molecular complexity index is 1210. The zero-order valence-corrected chi connectivity index (χ0v) is 20.6. The number of amides is 3. The van der Waals surface area contributed by atoms with Crippen molar-refractivity contribution in [2.75, 3.05) is 29.9 Å². The summed E-state index contributed by atoms with van der Waals surface area (Å²) in [4.78, 5) is 43.0. The zero-order chi connectivity index (χ0) is 25.5. The highest BCUT2D eigenvalue weighted by molar-refractivity contribution is 6.00. The fourth-order valence-electron chi connectivity index (χ4n) is 4.10. The van der Waals surface area contributed by atoms with E-state index in [1.165, 1.54) is 0 Å². The molecule has 2 N–H and O–H groups in total. The van der Waals surface area contributed by atoms with E-state index < -0.39 is 0 Å². The van der Waals surface area contributed by atoms with E-state index >= 15 is 0 Å². The molecule has 36 heavy (non-hydrogen) atoms. The lowest BCUT2D eigenvalue weighted by atomic mass is 10.1. The summed E-state index contributed by atoms with van der Waals surface area (Å²) in [6, 6.07) is 12.8. The van der Waals surface area contributed by atoms with E-state index in [0.29, 0.717) is 24.5 Å². The van der Waals surface area contributed by atoms with Gasteiger partial charge in [0.15, 0.2) is 6.61 Å². The molecule has 0 spiro atoms. The molecule has 0 saturated carbocycles. The summed E-state index contributed by atoms with van der Waals surface area (Å²) < 4.78 is 7.57. The number of ether oxygens (including phenoxy) is 1. The largest absolute Gasteiger partial charge is 0.484 e. The minimum atomic E-state index is -0.379. The minimum absolute atomic E-state index is 0.0878. The fraction of sp³-hybridized carbons (Fsp3) is 0.333. The molecule has 1 saturated heterocycles. The van der Waals surface area contributed by atoms with Gasteiger partial charge in [-0.15, -0.1) is 0 Å². The number of anilines is 2. The van der Waals surface area contributed by atoms with Crippen LogP contribution >= 0.6 is 0 Å². The minimum Gasteiger partial charge on any atom is -0.484 e. The van der Waals surface area contributed by atoms with E-state index in [4.69, 9.17) is 4.74 Å². The number of aromatic nitrogens is 2. The second-order valence-electron chi connectivity index (χ2n) is 9.00. The Hall–Kier alpha value is -4.14. The molecule has 0 unspecified atom stereocenters. The van der Waals surface area contributed by atoms with Crippen molar-refractivity contribution >= 4 is 29.1 Å². The van der Waals surface area contributed by atoms with Crippen molar-refractivity contribution in [1.82, 2.24) is 14.9 Å². The van der Waals surface area contributed by atoms with Crippen molar-refractivity contribution in [3.05, 3.63) is 72.3 Å². The maximum atomic E-state index is 12.6. The van der Waals surface area contributed by atoms with Gasteiger partial charge < -0.3 is 24.8 Å². The highest BCUT2D eigenvalue weighted by atomic mass is 16.5. The van der Waals surface area contributed by atoms with Crippen LogP contribution in [-0.4, -0.2) is 47.0 Å². The quantitative estimate of drug-likeness (QED) is 0.426. The van der Waals surface area contributed by atoms with E-state index in [1.54, 1.807) is 41.7 Å². The molecule has 3 aromatic rings. The van der Waals surface area contributed by atoms with Gasteiger partial charge in [0.05, 0.1) is 12.2 Å². The summed E-state index contributed by atoms with van der Waals surface area (Å²) in [6.07, 6.45) is 6.32. The molecule has 1 fully saturated rings. The maximum absolute atomic E-state index is 12.6. The third-order valence-corrected chi connectivity index (χ3v) is 6.13. The highest BCUT2D eigenvalue weighted by Crippen LogP contribution is 2.27. The van der Waals surface area contributed by atoms with Gasteiger partial charge in [0, 0.05) is 49.8 Å². The monoisotopic (exact) mass is 489 g/mol. The summed E-state index contributed by atoms with van der Waals surface area (Å²) in [5.41, 5.74) is 3.51. The Labute approximate surface area is 210 Å². The molecule has 9 nitrogen and oxygen atoms in total. The first kappa shape index (κ1) is 25.0. The van der Waals surface area contributed by atoms with Gasteiger partial charge in [0.2, 0.25) is 11.8 Å². The average Bonchev–Trinajstić information content (AvgIpc) is 3.53. The standard InChI is InChI=1S/C27H31N5O4/c1-19-4-5-20(2)24(14-19)30-25(33)17-36-23-8-6-22(7-9-23)32-16-21(15-26(32)34)27(35)29-10-3-12-31-13-11-28-18-31/h4-9,11,13-14,18,21H,3,10,12,15-17H2,1-2H3,(H,29,35)(H,30,33)/t21-/m0/s1. The molecule has 1 aromatic heterocycles.